The number of anilines is 1. The fourth-order valence-corrected chi connectivity index (χ4v) is 2.25. The van der Waals surface area contributed by atoms with Crippen LogP contribution >= 0.6 is 0 Å². The van der Waals surface area contributed by atoms with Crippen molar-refractivity contribution in [2.24, 2.45) is 0 Å². The second-order valence-corrected chi connectivity index (χ2v) is 4.46. The van der Waals surface area contributed by atoms with Crippen molar-refractivity contribution in [2.45, 2.75) is 39.2 Å². The number of aryl methyl sites for hydroxylation is 1. The average molecular weight is 220 g/mol. The molecule has 1 N–H and O–H groups in total. The monoisotopic (exact) mass is 220 g/mol. The molecule has 1 aliphatic heterocycles. The number of nitrogens with zero attached hydrogens (tertiary/aromatic N) is 2. The Morgan fingerprint density at radius 3 is 2.62 bits per heavy atom. The number of pyridine rings is 1. The summed E-state index contributed by atoms with van der Waals surface area (Å²) in [5.74, 6) is 1.06. The SMILES string of the molecule is CC[C@@H](O)c1ccc(N2CCCC2)nc1C. The normalized spacial score (nSPS) is 17.8. The average Bonchev–Trinajstić information content (AvgIpc) is 2.81. The minimum absolute atomic E-state index is 0.375. The Kier molecular flexibility index (Phi) is 3.44. The van der Waals surface area contributed by atoms with E-state index in [-0.39, 0.29) is 6.10 Å². The van der Waals surface area contributed by atoms with Gasteiger partial charge in [0.25, 0.3) is 0 Å². The summed E-state index contributed by atoms with van der Waals surface area (Å²) >= 11 is 0. The van der Waals surface area contributed by atoms with Crippen molar-refractivity contribution in [3.8, 4) is 0 Å². The minimum Gasteiger partial charge on any atom is -0.388 e. The van der Waals surface area contributed by atoms with E-state index in [9.17, 15) is 5.11 Å². The molecule has 2 heterocycles. The topological polar surface area (TPSA) is 36.4 Å². The van der Waals surface area contributed by atoms with E-state index in [1.165, 1.54) is 12.8 Å². The zero-order valence-corrected chi connectivity index (χ0v) is 10.1. The minimum atomic E-state index is -0.375. The fourth-order valence-electron chi connectivity index (χ4n) is 2.25. The summed E-state index contributed by atoms with van der Waals surface area (Å²) in [6.07, 6.45) is 2.89. The maximum absolute atomic E-state index is 9.81. The Bertz CT molecular complexity index is 359. The molecule has 0 aromatic carbocycles. The predicted molar refractivity (Wildman–Crippen MR) is 65.7 cm³/mol. The van der Waals surface area contributed by atoms with Crippen molar-refractivity contribution < 1.29 is 5.11 Å². The van der Waals surface area contributed by atoms with Gasteiger partial charge in [0.05, 0.1) is 6.10 Å². The van der Waals surface area contributed by atoms with Crippen LogP contribution in [0.25, 0.3) is 0 Å². The third-order valence-corrected chi connectivity index (χ3v) is 3.29. The van der Waals surface area contributed by atoms with Crippen molar-refractivity contribution in [1.82, 2.24) is 4.98 Å². The summed E-state index contributed by atoms with van der Waals surface area (Å²) in [4.78, 5) is 6.90. The molecule has 1 atom stereocenters. The van der Waals surface area contributed by atoms with Gasteiger partial charge >= 0.3 is 0 Å². The molecule has 1 aliphatic rings. The fraction of sp³-hybridized carbons (Fsp3) is 0.615. The van der Waals surface area contributed by atoms with Gasteiger partial charge in [0, 0.05) is 24.3 Å². The van der Waals surface area contributed by atoms with E-state index in [4.69, 9.17) is 0 Å². The molecule has 1 aromatic rings. The van der Waals surface area contributed by atoms with Gasteiger partial charge in [-0.05, 0) is 32.3 Å². The third-order valence-electron chi connectivity index (χ3n) is 3.29. The van der Waals surface area contributed by atoms with Crippen LogP contribution in [0.5, 0.6) is 0 Å². The highest BCUT2D eigenvalue weighted by Gasteiger charge is 2.15. The highest BCUT2D eigenvalue weighted by Crippen LogP contribution is 2.24. The van der Waals surface area contributed by atoms with Crippen LogP contribution < -0.4 is 4.90 Å². The van der Waals surface area contributed by atoms with Crippen LogP contribution in [0, 0.1) is 6.92 Å². The number of aliphatic hydroxyl groups is 1. The maximum atomic E-state index is 9.81. The first-order valence-corrected chi connectivity index (χ1v) is 6.13. The molecule has 0 spiro atoms. The van der Waals surface area contributed by atoms with Crippen molar-refractivity contribution in [1.29, 1.82) is 0 Å². The predicted octanol–water partition coefficient (Wildman–Crippen LogP) is 2.43. The molecule has 0 radical (unpaired) electrons. The molecule has 1 aromatic heterocycles. The van der Waals surface area contributed by atoms with Crippen LogP contribution in [0.3, 0.4) is 0 Å². The second kappa shape index (κ2) is 4.83. The molecule has 2 rings (SSSR count). The standard InChI is InChI=1S/C13H20N2O/c1-3-12(16)11-6-7-13(14-10(11)2)15-8-4-5-9-15/h6-7,12,16H,3-5,8-9H2,1-2H3/t12-/m1/s1. The first-order valence-electron chi connectivity index (χ1n) is 6.13. The van der Waals surface area contributed by atoms with E-state index in [1.54, 1.807) is 0 Å². The molecule has 16 heavy (non-hydrogen) atoms. The smallest absolute Gasteiger partial charge is 0.128 e. The van der Waals surface area contributed by atoms with E-state index in [2.05, 4.69) is 9.88 Å². The van der Waals surface area contributed by atoms with Crippen molar-refractivity contribution in [3.63, 3.8) is 0 Å². The van der Waals surface area contributed by atoms with Gasteiger partial charge in [-0.2, -0.15) is 0 Å². The van der Waals surface area contributed by atoms with Gasteiger partial charge in [-0.15, -0.1) is 0 Å². The summed E-state index contributed by atoms with van der Waals surface area (Å²) in [7, 11) is 0. The Morgan fingerprint density at radius 1 is 1.38 bits per heavy atom. The van der Waals surface area contributed by atoms with Crippen molar-refractivity contribution >= 4 is 5.82 Å². The largest absolute Gasteiger partial charge is 0.388 e. The maximum Gasteiger partial charge on any atom is 0.128 e. The highest BCUT2D eigenvalue weighted by molar-refractivity contribution is 5.42. The molecule has 0 saturated carbocycles. The van der Waals surface area contributed by atoms with E-state index < -0.39 is 0 Å². The molecule has 3 heteroatoms. The zero-order valence-electron chi connectivity index (χ0n) is 10.1. The van der Waals surface area contributed by atoms with Gasteiger partial charge in [0.1, 0.15) is 5.82 Å². The third kappa shape index (κ3) is 2.19. The second-order valence-electron chi connectivity index (χ2n) is 4.46. The number of rotatable bonds is 3. The molecule has 0 bridgehead atoms. The van der Waals surface area contributed by atoms with Gasteiger partial charge < -0.3 is 10.0 Å². The van der Waals surface area contributed by atoms with E-state index >= 15 is 0 Å². The first-order chi connectivity index (χ1) is 7.72. The Morgan fingerprint density at radius 2 is 2.06 bits per heavy atom. The van der Waals surface area contributed by atoms with Crippen LogP contribution in [0.4, 0.5) is 5.82 Å². The summed E-state index contributed by atoms with van der Waals surface area (Å²) < 4.78 is 0. The quantitative estimate of drug-likeness (QED) is 0.850. The van der Waals surface area contributed by atoms with Gasteiger partial charge in [-0.1, -0.05) is 13.0 Å². The molecule has 0 aliphatic carbocycles. The molecule has 3 nitrogen and oxygen atoms in total. The number of aromatic nitrogens is 1. The van der Waals surface area contributed by atoms with Gasteiger partial charge in [-0.3, -0.25) is 0 Å². The van der Waals surface area contributed by atoms with Crippen molar-refractivity contribution in [3.05, 3.63) is 23.4 Å². The lowest BCUT2D eigenvalue weighted by Gasteiger charge is -2.19. The van der Waals surface area contributed by atoms with Crippen LogP contribution in [0.15, 0.2) is 12.1 Å². The van der Waals surface area contributed by atoms with Crippen LogP contribution in [-0.2, 0) is 0 Å². The van der Waals surface area contributed by atoms with Gasteiger partial charge in [-0.25, -0.2) is 4.98 Å². The lowest BCUT2D eigenvalue weighted by Crippen LogP contribution is -2.19. The summed E-state index contributed by atoms with van der Waals surface area (Å²) in [5, 5.41) is 9.81. The lowest BCUT2D eigenvalue weighted by atomic mass is 10.1. The lowest BCUT2D eigenvalue weighted by molar-refractivity contribution is 0.172. The number of hydrogen-bond acceptors (Lipinski definition) is 3. The van der Waals surface area contributed by atoms with Gasteiger partial charge in [0.2, 0.25) is 0 Å². The first kappa shape index (κ1) is 11.4. The molecule has 0 amide bonds. The Hall–Kier alpha value is -1.09. The summed E-state index contributed by atoms with van der Waals surface area (Å²) in [6, 6.07) is 4.05. The van der Waals surface area contributed by atoms with Crippen LogP contribution in [0.2, 0.25) is 0 Å². The van der Waals surface area contributed by atoms with Gasteiger partial charge in [0.15, 0.2) is 0 Å². The molecule has 1 saturated heterocycles. The highest BCUT2D eigenvalue weighted by atomic mass is 16.3. The van der Waals surface area contributed by atoms with Crippen LogP contribution in [-0.4, -0.2) is 23.2 Å². The number of hydrogen-bond donors (Lipinski definition) is 1. The summed E-state index contributed by atoms with van der Waals surface area (Å²) in [6.45, 7) is 6.19. The molecular weight excluding hydrogens is 200 g/mol. The van der Waals surface area contributed by atoms with E-state index in [1.807, 2.05) is 26.0 Å². The zero-order chi connectivity index (χ0) is 11.5. The Balaban J connectivity index is 2.21. The Labute approximate surface area is 97.1 Å². The molecular formula is C13H20N2O. The number of aliphatic hydroxyl groups excluding tert-OH is 1. The summed E-state index contributed by atoms with van der Waals surface area (Å²) in [5.41, 5.74) is 1.92. The molecule has 1 fully saturated rings. The van der Waals surface area contributed by atoms with Crippen molar-refractivity contribution in [2.75, 3.05) is 18.0 Å². The molecule has 0 unspecified atom stereocenters. The van der Waals surface area contributed by atoms with Crippen LogP contribution in [0.1, 0.15) is 43.5 Å². The van der Waals surface area contributed by atoms with E-state index in [0.29, 0.717) is 0 Å². The van der Waals surface area contributed by atoms with E-state index in [0.717, 1.165) is 36.6 Å². The molecule has 88 valence electrons.